The van der Waals surface area contributed by atoms with Gasteiger partial charge in [0.15, 0.2) is 5.78 Å². The Morgan fingerprint density at radius 3 is 2.17 bits per heavy atom. The van der Waals surface area contributed by atoms with Crippen molar-refractivity contribution in [2.75, 3.05) is 0 Å². The zero-order chi connectivity index (χ0) is 13.8. The van der Waals surface area contributed by atoms with Gasteiger partial charge in [0, 0.05) is 12.0 Å². The summed E-state index contributed by atoms with van der Waals surface area (Å²) in [5.41, 5.74) is 2.36. The molecule has 0 aliphatic carbocycles. The molecule has 1 heteroatoms. The summed E-state index contributed by atoms with van der Waals surface area (Å²) in [5.74, 6) is 0.858. The molecule has 0 aromatic heterocycles. The molecule has 0 saturated heterocycles. The molecule has 0 spiro atoms. The predicted molar refractivity (Wildman–Crippen MR) is 78.2 cm³/mol. The van der Waals surface area contributed by atoms with E-state index >= 15 is 0 Å². The van der Waals surface area contributed by atoms with Gasteiger partial charge in [-0.05, 0) is 29.7 Å². The van der Waals surface area contributed by atoms with Crippen molar-refractivity contribution in [2.45, 2.75) is 59.3 Å². The lowest BCUT2D eigenvalue weighted by Crippen LogP contribution is -2.15. The van der Waals surface area contributed by atoms with Gasteiger partial charge in [0.25, 0.3) is 0 Å². The van der Waals surface area contributed by atoms with Gasteiger partial charge >= 0.3 is 0 Å². The van der Waals surface area contributed by atoms with E-state index in [0.29, 0.717) is 12.3 Å². The van der Waals surface area contributed by atoms with E-state index in [0.717, 1.165) is 18.4 Å². The molecule has 0 bridgehead atoms. The van der Waals surface area contributed by atoms with Gasteiger partial charge < -0.3 is 0 Å². The van der Waals surface area contributed by atoms with E-state index in [2.05, 4.69) is 46.8 Å². The molecule has 18 heavy (non-hydrogen) atoms. The Morgan fingerprint density at radius 1 is 1.17 bits per heavy atom. The molecule has 0 radical (unpaired) electrons. The van der Waals surface area contributed by atoms with Crippen LogP contribution in [0.5, 0.6) is 0 Å². The number of ketones is 1. The summed E-state index contributed by atoms with van der Waals surface area (Å²) in [4.78, 5) is 12.0. The third-order valence-electron chi connectivity index (χ3n) is 3.82. The van der Waals surface area contributed by atoms with Crippen LogP contribution in [0.3, 0.4) is 0 Å². The highest BCUT2D eigenvalue weighted by atomic mass is 16.1. The number of hydrogen-bond acceptors (Lipinski definition) is 1. The van der Waals surface area contributed by atoms with Gasteiger partial charge in [0.1, 0.15) is 0 Å². The van der Waals surface area contributed by atoms with Gasteiger partial charge in [0.2, 0.25) is 0 Å². The van der Waals surface area contributed by atoms with Crippen LogP contribution in [0.25, 0.3) is 0 Å². The molecule has 1 aromatic carbocycles. The zero-order valence-electron chi connectivity index (χ0n) is 12.4. The molecule has 1 rings (SSSR count). The Kier molecular flexibility index (Phi) is 5.13. The van der Waals surface area contributed by atoms with Gasteiger partial charge in [0.05, 0.1) is 0 Å². The minimum absolute atomic E-state index is 0.194. The first kappa shape index (κ1) is 14.9. The first-order valence-corrected chi connectivity index (χ1v) is 7.00. The van der Waals surface area contributed by atoms with Gasteiger partial charge in [-0.1, -0.05) is 58.9 Å². The van der Waals surface area contributed by atoms with E-state index in [1.165, 1.54) is 5.56 Å². The Bertz CT molecular complexity index is 385. The summed E-state index contributed by atoms with van der Waals surface area (Å²) in [5, 5.41) is 0. The maximum absolute atomic E-state index is 12.0. The Balaban J connectivity index is 2.74. The highest BCUT2D eigenvalue weighted by Gasteiger charge is 2.18. The van der Waals surface area contributed by atoms with Gasteiger partial charge in [-0.15, -0.1) is 0 Å². The molecule has 1 nitrogen and oxygen atoms in total. The van der Waals surface area contributed by atoms with Crippen LogP contribution in [0.2, 0.25) is 0 Å². The van der Waals surface area contributed by atoms with E-state index in [1.807, 2.05) is 12.1 Å². The van der Waals surface area contributed by atoms with E-state index in [-0.39, 0.29) is 11.2 Å². The third kappa shape index (κ3) is 3.97. The van der Waals surface area contributed by atoms with Crippen LogP contribution >= 0.6 is 0 Å². The van der Waals surface area contributed by atoms with E-state index in [1.54, 1.807) is 0 Å². The summed E-state index contributed by atoms with van der Waals surface area (Å²) >= 11 is 0. The first-order valence-electron chi connectivity index (χ1n) is 7.00. The highest BCUT2D eigenvalue weighted by Crippen LogP contribution is 2.26. The second kappa shape index (κ2) is 6.17. The second-order valence-corrected chi connectivity index (χ2v) is 6.17. The van der Waals surface area contributed by atoms with Crippen LogP contribution in [-0.4, -0.2) is 5.78 Å². The number of carbonyl (C=O) groups is 1. The summed E-state index contributed by atoms with van der Waals surface area (Å²) in [6, 6.07) is 8.17. The quantitative estimate of drug-likeness (QED) is 0.646. The third-order valence-corrected chi connectivity index (χ3v) is 3.82. The van der Waals surface area contributed by atoms with Crippen molar-refractivity contribution in [3.8, 4) is 0 Å². The molecule has 0 aliphatic rings. The number of Topliss-reactive ketones (excluding diaryl/α,β-unsaturated/α-hetero) is 1. The minimum atomic E-state index is 0.194. The lowest BCUT2D eigenvalue weighted by Gasteiger charge is -2.23. The van der Waals surface area contributed by atoms with Crippen molar-refractivity contribution in [2.24, 2.45) is 5.92 Å². The summed E-state index contributed by atoms with van der Waals surface area (Å²) < 4.78 is 0. The molecule has 0 heterocycles. The first-order chi connectivity index (χ1) is 8.36. The largest absolute Gasteiger partial charge is 0.294 e. The van der Waals surface area contributed by atoms with Crippen LogP contribution in [0.1, 0.15) is 69.8 Å². The lowest BCUT2D eigenvalue weighted by atomic mass is 9.82. The number of hydrogen-bond donors (Lipinski definition) is 0. The van der Waals surface area contributed by atoms with Crippen molar-refractivity contribution >= 4 is 5.78 Å². The smallest absolute Gasteiger partial charge is 0.162 e. The van der Waals surface area contributed by atoms with Crippen molar-refractivity contribution in [1.29, 1.82) is 0 Å². The SMILES string of the molecule is CCC(C)(C)c1ccc(C(=O)CCC(C)C)cc1. The Morgan fingerprint density at radius 2 is 1.72 bits per heavy atom. The van der Waals surface area contributed by atoms with E-state index in [4.69, 9.17) is 0 Å². The topological polar surface area (TPSA) is 17.1 Å². The fourth-order valence-corrected chi connectivity index (χ4v) is 1.88. The molecule has 0 fully saturated rings. The van der Waals surface area contributed by atoms with Crippen molar-refractivity contribution < 1.29 is 4.79 Å². The normalized spacial score (nSPS) is 11.9. The van der Waals surface area contributed by atoms with Crippen molar-refractivity contribution in [3.05, 3.63) is 35.4 Å². The predicted octanol–water partition coefficient (Wildman–Crippen LogP) is 4.99. The molecule has 0 saturated carbocycles. The fourth-order valence-electron chi connectivity index (χ4n) is 1.88. The van der Waals surface area contributed by atoms with Crippen molar-refractivity contribution in [1.82, 2.24) is 0 Å². The highest BCUT2D eigenvalue weighted by molar-refractivity contribution is 5.96. The lowest BCUT2D eigenvalue weighted by molar-refractivity contribution is 0.0975. The number of rotatable bonds is 6. The number of benzene rings is 1. The zero-order valence-corrected chi connectivity index (χ0v) is 12.4. The Labute approximate surface area is 112 Å². The maximum Gasteiger partial charge on any atom is 0.162 e. The van der Waals surface area contributed by atoms with Crippen LogP contribution in [0.4, 0.5) is 0 Å². The van der Waals surface area contributed by atoms with Crippen LogP contribution in [-0.2, 0) is 5.41 Å². The molecular weight excluding hydrogens is 220 g/mol. The molecule has 0 amide bonds. The van der Waals surface area contributed by atoms with Crippen LogP contribution in [0.15, 0.2) is 24.3 Å². The van der Waals surface area contributed by atoms with Gasteiger partial charge in [-0.2, -0.15) is 0 Å². The van der Waals surface area contributed by atoms with Crippen molar-refractivity contribution in [3.63, 3.8) is 0 Å². The molecule has 1 aromatic rings. The second-order valence-electron chi connectivity index (χ2n) is 6.17. The standard InChI is InChI=1S/C17H26O/c1-6-17(4,5)15-10-8-14(9-11-15)16(18)12-7-13(2)3/h8-11,13H,6-7,12H2,1-5H3. The molecule has 100 valence electrons. The summed E-state index contributed by atoms with van der Waals surface area (Å²) in [6.07, 6.45) is 2.74. The van der Waals surface area contributed by atoms with E-state index < -0.39 is 0 Å². The molecule has 0 atom stereocenters. The molecule has 0 N–H and O–H groups in total. The van der Waals surface area contributed by atoms with Gasteiger partial charge in [-0.3, -0.25) is 4.79 Å². The summed E-state index contributed by atoms with van der Waals surface area (Å²) in [7, 11) is 0. The van der Waals surface area contributed by atoms with Crippen LogP contribution < -0.4 is 0 Å². The molecular formula is C17H26O. The fraction of sp³-hybridized carbons (Fsp3) is 0.588. The van der Waals surface area contributed by atoms with Crippen LogP contribution in [0, 0.1) is 5.92 Å². The molecule has 0 unspecified atom stereocenters. The average Bonchev–Trinajstić information content (AvgIpc) is 2.36. The summed E-state index contributed by atoms with van der Waals surface area (Å²) in [6.45, 7) is 11.0. The average molecular weight is 246 g/mol. The Hall–Kier alpha value is -1.11. The molecule has 0 aliphatic heterocycles. The monoisotopic (exact) mass is 246 g/mol. The number of carbonyl (C=O) groups excluding carboxylic acids is 1. The van der Waals surface area contributed by atoms with Gasteiger partial charge in [-0.25, -0.2) is 0 Å². The van der Waals surface area contributed by atoms with E-state index in [9.17, 15) is 4.79 Å². The minimum Gasteiger partial charge on any atom is -0.294 e. The maximum atomic E-state index is 12.0.